The molecule has 1 heterocycles. The molecule has 2 atom stereocenters. The Balaban J connectivity index is 1.38. The van der Waals surface area contributed by atoms with E-state index in [9.17, 15) is 9.59 Å². The average Bonchev–Trinajstić information content (AvgIpc) is 3.31. The van der Waals surface area contributed by atoms with Crippen molar-refractivity contribution < 1.29 is 19.1 Å². The second kappa shape index (κ2) is 13.2. The van der Waals surface area contributed by atoms with Crippen LogP contribution in [0.4, 0.5) is 0 Å². The summed E-state index contributed by atoms with van der Waals surface area (Å²) in [5.74, 6) is 1.10. The van der Waals surface area contributed by atoms with Gasteiger partial charge in [0.25, 0.3) is 0 Å². The maximum absolute atomic E-state index is 12.8. The molecule has 0 bridgehead atoms. The Morgan fingerprint density at radius 1 is 0.838 bits per heavy atom. The zero-order chi connectivity index (χ0) is 26.0. The van der Waals surface area contributed by atoms with Gasteiger partial charge in [-0.05, 0) is 55.7 Å². The van der Waals surface area contributed by atoms with Crippen LogP contribution in [0.15, 0.2) is 90.0 Å². The van der Waals surface area contributed by atoms with Crippen molar-refractivity contribution in [2.24, 2.45) is 0 Å². The van der Waals surface area contributed by atoms with Crippen molar-refractivity contribution >= 4 is 23.5 Å². The van der Waals surface area contributed by atoms with E-state index in [0.717, 1.165) is 11.4 Å². The van der Waals surface area contributed by atoms with E-state index >= 15 is 0 Å². The van der Waals surface area contributed by atoms with Crippen LogP contribution >= 0.6 is 11.8 Å². The highest BCUT2D eigenvalue weighted by Crippen LogP contribution is 2.42. The molecule has 0 radical (unpaired) electrons. The number of carbonyl (C=O) groups is 2. The summed E-state index contributed by atoms with van der Waals surface area (Å²) in [5, 5.41) is 4.18. The van der Waals surface area contributed by atoms with Crippen molar-refractivity contribution in [1.29, 1.82) is 0 Å². The lowest BCUT2D eigenvalue weighted by molar-refractivity contribution is -0.120. The van der Waals surface area contributed by atoms with Gasteiger partial charge in [0, 0.05) is 29.6 Å². The van der Waals surface area contributed by atoms with E-state index < -0.39 is 0 Å². The Kier molecular flexibility index (Phi) is 9.44. The van der Waals surface area contributed by atoms with E-state index in [1.165, 1.54) is 11.1 Å². The van der Waals surface area contributed by atoms with Crippen LogP contribution in [0.2, 0.25) is 0 Å². The number of carbonyl (C=O) groups excluding carboxylic acids is 2. The minimum Gasteiger partial charge on any atom is -0.490 e. The molecule has 0 spiro atoms. The van der Waals surface area contributed by atoms with Crippen molar-refractivity contribution in [1.82, 2.24) is 5.32 Å². The molecule has 0 aromatic heterocycles. The van der Waals surface area contributed by atoms with Gasteiger partial charge >= 0.3 is 0 Å². The third kappa shape index (κ3) is 7.26. The number of benzene rings is 3. The van der Waals surface area contributed by atoms with Gasteiger partial charge < -0.3 is 14.8 Å². The number of Topliss-reactive ketones (excluding diaryl/α,β-unsaturated/α-hetero) is 1. The Morgan fingerprint density at radius 3 is 2.22 bits per heavy atom. The van der Waals surface area contributed by atoms with E-state index in [1.807, 2.05) is 38.1 Å². The highest BCUT2D eigenvalue weighted by atomic mass is 32.2. The normalized spacial score (nSPS) is 16.6. The Hall–Kier alpha value is -3.51. The summed E-state index contributed by atoms with van der Waals surface area (Å²) in [5.41, 5.74) is 3.02. The molecule has 1 aliphatic rings. The summed E-state index contributed by atoms with van der Waals surface area (Å²) in [6.45, 7) is 4.77. The van der Waals surface area contributed by atoms with Gasteiger partial charge in [-0.1, -0.05) is 60.7 Å². The number of rotatable bonds is 12. The van der Waals surface area contributed by atoms with Crippen LogP contribution in [-0.4, -0.2) is 30.2 Å². The standard InChI is InChI=1S/C31H33NO4S/c1-3-35-27-17-15-24(20-28(27)36-4-2)26(33)16-18-30(34)32-31-21-25(23-13-9-6-10-14-23)29(37-31)19-22-11-7-5-8-12-22/h5-15,17,20-21,25,29H,3-4,16,18-19H2,1-2H3,(H,32,34). The predicted octanol–water partition coefficient (Wildman–Crippen LogP) is 6.55. The number of thioether (sulfide) groups is 1. The van der Waals surface area contributed by atoms with Crippen LogP contribution in [0.1, 0.15) is 54.1 Å². The number of nitrogens with one attached hydrogen (secondary N) is 1. The molecule has 1 amide bonds. The molecule has 37 heavy (non-hydrogen) atoms. The SMILES string of the molecule is CCOc1ccc(C(=O)CCC(=O)NC2=CC(c3ccccc3)C(Cc3ccccc3)S2)cc1OCC. The number of allylic oxidation sites excluding steroid dienone is 1. The molecule has 0 aliphatic carbocycles. The van der Waals surface area contributed by atoms with Gasteiger partial charge in [0.1, 0.15) is 0 Å². The van der Waals surface area contributed by atoms with Crippen LogP contribution in [0.5, 0.6) is 11.5 Å². The van der Waals surface area contributed by atoms with Crippen molar-refractivity contribution in [2.75, 3.05) is 13.2 Å². The second-order valence-electron chi connectivity index (χ2n) is 8.81. The van der Waals surface area contributed by atoms with E-state index in [1.54, 1.807) is 30.0 Å². The first-order valence-electron chi connectivity index (χ1n) is 12.8. The molecule has 0 fully saturated rings. The molecule has 3 aromatic rings. The summed E-state index contributed by atoms with van der Waals surface area (Å²) in [6, 6.07) is 26.0. The third-order valence-electron chi connectivity index (χ3n) is 6.18. The lowest BCUT2D eigenvalue weighted by atomic mass is 9.92. The molecule has 3 aromatic carbocycles. The van der Waals surface area contributed by atoms with Gasteiger partial charge in [0.05, 0.1) is 18.2 Å². The van der Waals surface area contributed by atoms with Crippen LogP contribution in [0.25, 0.3) is 0 Å². The monoisotopic (exact) mass is 515 g/mol. The highest BCUT2D eigenvalue weighted by molar-refractivity contribution is 8.03. The van der Waals surface area contributed by atoms with Gasteiger partial charge in [-0.15, -0.1) is 11.8 Å². The van der Waals surface area contributed by atoms with Crippen LogP contribution in [0.3, 0.4) is 0 Å². The van der Waals surface area contributed by atoms with Gasteiger partial charge in [0.15, 0.2) is 17.3 Å². The third-order valence-corrected chi connectivity index (χ3v) is 7.44. The van der Waals surface area contributed by atoms with E-state index in [0.29, 0.717) is 30.3 Å². The fourth-order valence-corrected chi connectivity index (χ4v) is 5.80. The molecular formula is C31H33NO4S. The Morgan fingerprint density at radius 2 is 1.51 bits per heavy atom. The van der Waals surface area contributed by atoms with Gasteiger partial charge in [-0.25, -0.2) is 0 Å². The van der Waals surface area contributed by atoms with Crippen LogP contribution in [0, 0.1) is 0 Å². The maximum Gasteiger partial charge on any atom is 0.225 e. The predicted molar refractivity (Wildman–Crippen MR) is 149 cm³/mol. The van der Waals surface area contributed by atoms with Gasteiger partial charge in [-0.3, -0.25) is 9.59 Å². The number of amides is 1. The zero-order valence-corrected chi connectivity index (χ0v) is 22.1. The van der Waals surface area contributed by atoms with Crippen molar-refractivity contribution in [3.05, 3.63) is 107 Å². The summed E-state index contributed by atoms with van der Waals surface area (Å²) in [7, 11) is 0. The first-order chi connectivity index (χ1) is 18.1. The molecule has 2 unspecified atom stereocenters. The summed E-state index contributed by atoms with van der Waals surface area (Å²) < 4.78 is 11.2. The van der Waals surface area contributed by atoms with E-state index in [-0.39, 0.29) is 35.7 Å². The fraction of sp³-hybridized carbons (Fsp3) is 0.290. The van der Waals surface area contributed by atoms with Crippen molar-refractivity contribution in [3.63, 3.8) is 0 Å². The molecular weight excluding hydrogens is 482 g/mol. The highest BCUT2D eigenvalue weighted by Gasteiger charge is 2.30. The Bertz CT molecular complexity index is 1230. The molecule has 1 aliphatic heterocycles. The topological polar surface area (TPSA) is 64.6 Å². The number of hydrogen-bond donors (Lipinski definition) is 1. The minimum atomic E-state index is -0.157. The first kappa shape index (κ1) is 26.6. The summed E-state index contributed by atoms with van der Waals surface area (Å²) >= 11 is 1.69. The lowest BCUT2D eigenvalue weighted by Gasteiger charge is -2.19. The number of ether oxygens (including phenoxy) is 2. The zero-order valence-electron chi connectivity index (χ0n) is 21.3. The van der Waals surface area contributed by atoms with Crippen LogP contribution < -0.4 is 14.8 Å². The first-order valence-corrected chi connectivity index (χ1v) is 13.6. The van der Waals surface area contributed by atoms with E-state index in [2.05, 4.69) is 47.8 Å². The molecule has 192 valence electrons. The van der Waals surface area contributed by atoms with E-state index in [4.69, 9.17) is 9.47 Å². The molecule has 4 rings (SSSR count). The quantitative estimate of drug-likeness (QED) is 0.277. The number of hydrogen-bond acceptors (Lipinski definition) is 5. The molecule has 1 N–H and O–H groups in total. The van der Waals surface area contributed by atoms with Crippen molar-refractivity contribution in [2.45, 2.75) is 44.3 Å². The largest absolute Gasteiger partial charge is 0.490 e. The number of ketones is 1. The molecule has 5 nitrogen and oxygen atoms in total. The fourth-order valence-electron chi connectivity index (χ4n) is 4.41. The van der Waals surface area contributed by atoms with Gasteiger partial charge in [-0.2, -0.15) is 0 Å². The maximum atomic E-state index is 12.8. The smallest absolute Gasteiger partial charge is 0.225 e. The summed E-state index contributed by atoms with van der Waals surface area (Å²) in [6.07, 6.45) is 3.29. The lowest BCUT2D eigenvalue weighted by Crippen LogP contribution is -2.21. The minimum absolute atomic E-state index is 0.101. The molecule has 0 saturated carbocycles. The van der Waals surface area contributed by atoms with Crippen LogP contribution in [-0.2, 0) is 11.2 Å². The molecule has 0 saturated heterocycles. The second-order valence-corrected chi connectivity index (χ2v) is 10.1. The Labute approximate surface area is 223 Å². The molecule has 6 heteroatoms. The van der Waals surface area contributed by atoms with Crippen molar-refractivity contribution in [3.8, 4) is 11.5 Å². The van der Waals surface area contributed by atoms with Gasteiger partial charge in [0.2, 0.25) is 5.91 Å². The summed E-state index contributed by atoms with van der Waals surface area (Å²) in [4.78, 5) is 25.6. The average molecular weight is 516 g/mol.